The maximum absolute atomic E-state index is 12.1. The first kappa shape index (κ1) is 14.9. The van der Waals surface area contributed by atoms with Crippen LogP contribution < -0.4 is 4.74 Å². The highest BCUT2D eigenvalue weighted by Crippen LogP contribution is 2.23. The maximum Gasteiger partial charge on any atom is 0.185 e. The predicted octanol–water partition coefficient (Wildman–Crippen LogP) is 3.91. The number of carbonyl (C=O) groups is 1. The van der Waals surface area contributed by atoms with Crippen LogP contribution in [0.3, 0.4) is 0 Å². The Balaban J connectivity index is 2.18. The van der Waals surface area contributed by atoms with Gasteiger partial charge in [0.15, 0.2) is 5.78 Å². The van der Waals surface area contributed by atoms with Crippen LogP contribution in [0.2, 0.25) is 0 Å². The average Bonchev–Trinajstić information content (AvgIpc) is 2.50. The Labute approximate surface area is 124 Å². The summed E-state index contributed by atoms with van der Waals surface area (Å²) < 4.78 is 5.06. The van der Waals surface area contributed by atoms with E-state index in [1.165, 1.54) is 6.08 Å². The summed E-state index contributed by atoms with van der Waals surface area (Å²) in [6, 6.07) is 10.7. The third-order valence-electron chi connectivity index (χ3n) is 3.32. The Morgan fingerprint density at radius 1 is 1.10 bits per heavy atom. The van der Waals surface area contributed by atoms with Crippen molar-refractivity contribution in [1.29, 1.82) is 0 Å². The normalized spacial score (nSPS) is 10.8. The van der Waals surface area contributed by atoms with Gasteiger partial charge in [-0.3, -0.25) is 4.79 Å². The number of methoxy groups -OCH3 is 1. The minimum Gasteiger partial charge on any atom is -0.507 e. The third-order valence-corrected chi connectivity index (χ3v) is 3.32. The summed E-state index contributed by atoms with van der Waals surface area (Å²) >= 11 is 0. The highest BCUT2D eigenvalue weighted by Gasteiger charge is 2.04. The lowest BCUT2D eigenvalue weighted by Gasteiger charge is -2.04. The van der Waals surface area contributed by atoms with Crippen molar-refractivity contribution in [1.82, 2.24) is 0 Å². The molecule has 0 spiro atoms. The molecule has 2 aromatic rings. The van der Waals surface area contributed by atoms with Gasteiger partial charge in [0.05, 0.1) is 7.11 Å². The Bertz CT molecular complexity index is 659. The van der Waals surface area contributed by atoms with Crippen LogP contribution in [0.5, 0.6) is 11.5 Å². The van der Waals surface area contributed by atoms with Crippen molar-refractivity contribution in [2.45, 2.75) is 13.8 Å². The van der Waals surface area contributed by atoms with Crippen molar-refractivity contribution in [2.24, 2.45) is 0 Å². The molecule has 0 saturated carbocycles. The van der Waals surface area contributed by atoms with E-state index < -0.39 is 0 Å². The van der Waals surface area contributed by atoms with Gasteiger partial charge in [-0.05, 0) is 73.0 Å². The van der Waals surface area contributed by atoms with Gasteiger partial charge in [0.2, 0.25) is 0 Å². The number of hydrogen-bond donors (Lipinski definition) is 1. The molecule has 1 N–H and O–H groups in total. The second-order valence-electron chi connectivity index (χ2n) is 4.93. The van der Waals surface area contributed by atoms with Gasteiger partial charge < -0.3 is 9.84 Å². The summed E-state index contributed by atoms with van der Waals surface area (Å²) in [6.07, 6.45) is 3.29. The summed E-state index contributed by atoms with van der Waals surface area (Å²) in [4.78, 5) is 12.1. The van der Waals surface area contributed by atoms with Crippen LogP contribution in [-0.4, -0.2) is 18.0 Å². The number of benzene rings is 2. The van der Waals surface area contributed by atoms with Gasteiger partial charge in [0, 0.05) is 5.56 Å². The number of ether oxygens (including phenoxy) is 1. The molecule has 21 heavy (non-hydrogen) atoms. The molecule has 0 heterocycles. The monoisotopic (exact) mass is 282 g/mol. The van der Waals surface area contributed by atoms with Crippen LogP contribution >= 0.6 is 0 Å². The second-order valence-corrected chi connectivity index (χ2v) is 4.93. The molecule has 3 heteroatoms. The zero-order valence-corrected chi connectivity index (χ0v) is 12.4. The molecule has 0 bridgehead atoms. The highest BCUT2D eigenvalue weighted by atomic mass is 16.5. The molecule has 0 amide bonds. The van der Waals surface area contributed by atoms with E-state index in [1.54, 1.807) is 37.5 Å². The first-order valence-electron chi connectivity index (χ1n) is 6.68. The molecule has 0 atom stereocenters. The van der Waals surface area contributed by atoms with Crippen LogP contribution in [0.1, 0.15) is 27.0 Å². The van der Waals surface area contributed by atoms with Crippen molar-refractivity contribution in [3.05, 3.63) is 64.7 Å². The molecule has 0 saturated heterocycles. The molecular formula is C18H18O3. The van der Waals surface area contributed by atoms with Gasteiger partial charge in [0.25, 0.3) is 0 Å². The van der Waals surface area contributed by atoms with E-state index in [0.29, 0.717) is 11.3 Å². The molecule has 2 rings (SSSR count). The predicted molar refractivity (Wildman–Crippen MR) is 83.9 cm³/mol. The molecule has 0 aromatic heterocycles. The number of carbonyl (C=O) groups excluding carboxylic acids is 1. The topological polar surface area (TPSA) is 46.5 Å². The lowest BCUT2D eigenvalue weighted by atomic mass is 10.0. The number of ketones is 1. The largest absolute Gasteiger partial charge is 0.507 e. The smallest absolute Gasteiger partial charge is 0.185 e. The van der Waals surface area contributed by atoms with Gasteiger partial charge in [-0.15, -0.1) is 0 Å². The molecule has 0 unspecified atom stereocenters. The molecule has 0 aliphatic rings. The summed E-state index contributed by atoms with van der Waals surface area (Å²) in [5.74, 6) is 0.954. The van der Waals surface area contributed by atoms with Gasteiger partial charge in [-0.2, -0.15) is 0 Å². The maximum atomic E-state index is 12.1. The number of rotatable bonds is 4. The van der Waals surface area contributed by atoms with Crippen molar-refractivity contribution in [3.8, 4) is 11.5 Å². The quantitative estimate of drug-likeness (QED) is 0.683. The van der Waals surface area contributed by atoms with E-state index in [1.807, 2.05) is 26.0 Å². The van der Waals surface area contributed by atoms with E-state index >= 15 is 0 Å². The average molecular weight is 282 g/mol. The molecule has 108 valence electrons. The van der Waals surface area contributed by atoms with Gasteiger partial charge in [-0.25, -0.2) is 0 Å². The van der Waals surface area contributed by atoms with Crippen LogP contribution in [-0.2, 0) is 0 Å². The Morgan fingerprint density at radius 3 is 2.19 bits per heavy atom. The number of phenolic OH excluding ortho intramolecular Hbond substituents is 1. The minimum atomic E-state index is -0.0685. The second kappa shape index (κ2) is 6.27. The van der Waals surface area contributed by atoms with E-state index in [2.05, 4.69) is 0 Å². The van der Waals surface area contributed by atoms with Crippen molar-refractivity contribution in [3.63, 3.8) is 0 Å². The molecule has 2 aromatic carbocycles. The Morgan fingerprint density at radius 2 is 1.67 bits per heavy atom. The van der Waals surface area contributed by atoms with Gasteiger partial charge in [0.1, 0.15) is 11.5 Å². The number of allylic oxidation sites excluding steroid dienone is 1. The zero-order chi connectivity index (χ0) is 15.4. The van der Waals surface area contributed by atoms with Crippen LogP contribution in [0.15, 0.2) is 42.5 Å². The fourth-order valence-corrected chi connectivity index (χ4v) is 2.11. The third kappa shape index (κ3) is 3.51. The van der Waals surface area contributed by atoms with Crippen molar-refractivity contribution < 1.29 is 14.6 Å². The summed E-state index contributed by atoms with van der Waals surface area (Å²) in [5, 5.41) is 9.73. The lowest BCUT2D eigenvalue weighted by Crippen LogP contribution is -1.94. The fraction of sp³-hybridized carbons (Fsp3) is 0.167. The van der Waals surface area contributed by atoms with Gasteiger partial charge in [-0.1, -0.05) is 6.08 Å². The summed E-state index contributed by atoms with van der Waals surface area (Å²) in [6.45, 7) is 3.68. The van der Waals surface area contributed by atoms with Crippen LogP contribution in [0, 0.1) is 13.8 Å². The molecule has 0 aliphatic heterocycles. The van der Waals surface area contributed by atoms with E-state index in [0.717, 1.165) is 22.4 Å². The van der Waals surface area contributed by atoms with E-state index in [4.69, 9.17) is 4.74 Å². The first-order chi connectivity index (χ1) is 10.0. The highest BCUT2D eigenvalue weighted by molar-refractivity contribution is 6.06. The molecule has 0 radical (unpaired) electrons. The van der Waals surface area contributed by atoms with Gasteiger partial charge >= 0.3 is 0 Å². The summed E-state index contributed by atoms with van der Waals surface area (Å²) in [7, 11) is 1.59. The van der Waals surface area contributed by atoms with Crippen molar-refractivity contribution in [2.75, 3.05) is 7.11 Å². The lowest BCUT2D eigenvalue weighted by molar-refractivity contribution is 0.104. The Kier molecular flexibility index (Phi) is 4.43. The minimum absolute atomic E-state index is 0.0685. The molecular weight excluding hydrogens is 264 g/mol. The van der Waals surface area contributed by atoms with Crippen LogP contribution in [0.4, 0.5) is 0 Å². The Hall–Kier alpha value is -2.55. The summed E-state index contributed by atoms with van der Waals surface area (Å²) in [5.41, 5.74) is 3.10. The molecule has 3 nitrogen and oxygen atoms in total. The number of aromatic hydroxyl groups is 1. The SMILES string of the molecule is COc1ccc(C(=O)C=Cc2cc(C)c(O)c(C)c2)cc1. The fourth-order valence-electron chi connectivity index (χ4n) is 2.11. The molecule has 0 aliphatic carbocycles. The van der Waals surface area contributed by atoms with Crippen molar-refractivity contribution >= 4 is 11.9 Å². The van der Waals surface area contributed by atoms with E-state index in [-0.39, 0.29) is 5.78 Å². The number of aryl methyl sites for hydroxylation is 2. The first-order valence-corrected chi connectivity index (χ1v) is 6.68. The molecule has 0 fully saturated rings. The van der Waals surface area contributed by atoms with Crippen LogP contribution in [0.25, 0.3) is 6.08 Å². The number of phenols is 1. The zero-order valence-electron chi connectivity index (χ0n) is 12.4. The standard InChI is InChI=1S/C18H18O3/c1-12-10-14(11-13(2)18(12)20)4-9-17(19)15-5-7-16(21-3)8-6-15/h4-11,20H,1-3H3. The van der Waals surface area contributed by atoms with E-state index in [9.17, 15) is 9.90 Å². The number of hydrogen-bond acceptors (Lipinski definition) is 3.